The summed E-state index contributed by atoms with van der Waals surface area (Å²) in [6.07, 6.45) is -4.36. The van der Waals surface area contributed by atoms with Gasteiger partial charge in [0.05, 0.1) is 46.6 Å². The molecule has 0 fully saturated rings. The van der Waals surface area contributed by atoms with Crippen LogP contribution in [0, 0.1) is 0 Å². The second-order valence-corrected chi connectivity index (χ2v) is 12.0. The van der Waals surface area contributed by atoms with Crippen molar-refractivity contribution in [3.63, 3.8) is 0 Å². The Labute approximate surface area is 268 Å². The van der Waals surface area contributed by atoms with Crippen LogP contribution >= 0.6 is 11.6 Å². The molecule has 2 amide bonds. The Balaban J connectivity index is 1.55. The van der Waals surface area contributed by atoms with Crippen molar-refractivity contribution >= 4 is 44.8 Å². The van der Waals surface area contributed by atoms with Crippen molar-refractivity contribution in [1.29, 1.82) is 0 Å². The van der Waals surface area contributed by atoms with E-state index in [0.717, 1.165) is 11.6 Å². The van der Waals surface area contributed by atoms with Gasteiger partial charge in [0.15, 0.2) is 11.5 Å². The van der Waals surface area contributed by atoms with Crippen molar-refractivity contribution in [3.05, 3.63) is 113 Å². The molecule has 4 aromatic rings. The van der Waals surface area contributed by atoms with Gasteiger partial charge in [-0.15, -0.1) is 0 Å². The van der Waals surface area contributed by atoms with Crippen LogP contribution in [0.4, 0.5) is 24.5 Å². The van der Waals surface area contributed by atoms with Crippen LogP contribution in [-0.2, 0) is 27.4 Å². The maximum atomic E-state index is 13.6. The number of halogens is 4. The molecule has 0 unspecified atom stereocenters. The minimum Gasteiger partial charge on any atom is -0.493 e. The van der Waals surface area contributed by atoms with E-state index >= 15 is 0 Å². The third-order valence-electron chi connectivity index (χ3n) is 6.75. The number of benzene rings is 4. The highest BCUT2D eigenvalue weighted by Gasteiger charge is 2.34. The van der Waals surface area contributed by atoms with Crippen LogP contribution in [0.1, 0.15) is 21.5 Å². The highest BCUT2D eigenvalue weighted by Crippen LogP contribution is 2.37. The smallest absolute Gasteiger partial charge is 0.416 e. The van der Waals surface area contributed by atoms with Crippen LogP contribution in [0.25, 0.3) is 0 Å². The third kappa shape index (κ3) is 8.09. The van der Waals surface area contributed by atoms with E-state index in [1.54, 1.807) is 30.3 Å². The first-order chi connectivity index (χ1) is 21.8. The summed E-state index contributed by atoms with van der Waals surface area (Å²) in [7, 11) is -1.54. The molecular formula is C32H29ClF3N3O6S. The van der Waals surface area contributed by atoms with Crippen LogP contribution in [-0.4, -0.2) is 47.5 Å². The van der Waals surface area contributed by atoms with Crippen molar-refractivity contribution in [2.45, 2.75) is 17.5 Å². The Morgan fingerprint density at radius 1 is 0.870 bits per heavy atom. The van der Waals surface area contributed by atoms with Crippen molar-refractivity contribution in [2.75, 3.05) is 36.9 Å². The van der Waals surface area contributed by atoms with Crippen molar-refractivity contribution < 1.29 is 40.7 Å². The lowest BCUT2D eigenvalue weighted by Crippen LogP contribution is -2.38. The van der Waals surface area contributed by atoms with E-state index in [9.17, 15) is 31.2 Å². The Morgan fingerprint density at radius 3 is 2.22 bits per heavy atom. The number of nitrogens with one attached hydrogen (secondary N) is 2. The standard InChI is InChI=1S/C32H29ClF3N3O6S/c1-44-28-15-12-21(18-29(28)45-2)16-17-37-31(41)24-10-6-7-11-26(24)38-30(40)20-39(46(42,43)23-8-4-3-5-9-23)27-19-22(32(34,35)36)13-14-25(27)33/h3-15,18-19H,16-17,20H2,1-2H3,(H,37,41)(H,38,40). The fraction of sp³-hybridized carbons (Fsp3) is 0.188. The van der Waals surface area contributed by atoms with Gasteiger partial charge in [0.25, 0.3) is 15.9 Å². The lowest BCUT2D eigenvalue weighted by atomic mass is 10.1. The topological polar surface area (TPSA) is 114 Å². The highest BCUT2D eigenvalue weighted by atomic mass is 35.5. The molecule has 4 aromatic carbocycles. The summed E-state index contributed by atoms with van der Waals surface area (Å²) in [6.45, 7) is -0.721. The predicted octanol–water partition coefficient (Wildman–Crippen LogP) is 6.18. The van der Waals surface area contributed by atoms with Gasteiger partial charge in [0.2, 0.25) is 5.91 Å². The first-order valence-corrected chi connectivity index (χ1v) is 15.5. The minimum absolute atomic E-state index is 0.0586. The molecular weight excluding hydrogens is 647 g/mol. The van der Waals surface area contributed by atoms with E-state index in [0.29, 0.717) is 34.4 Å². The van der Waals surface area contributed by atoms with Crippen LogP contribution in [0.2, 0.25) is 5.02 Å². The van der Waals surface area contributed by atoms with E-state index in [1.165, 1.54) is 50.6 Å². The van der Waals surface area contributed by atoms with Crippen LogP contribution in [0.15, 0.2) is 95.9 Å². The predicted molar refractivity (Wildman–Crippen MR) is 168 cm³/mol. The van der Waals surface area contributed by atoms with Gasteiger partial charge in [0.1, 0.15) is 6.54 Å². The normalized spacial score (nSPS) is 11.4. The van der Waals surface area contributed by atoms with Gasteiger partial charge >= 0.3 is 6.18 Å². The zero-order valence-electron chi connectivity index (χ0n) is 24.6. The maximum absolute atomic E-state index is 13.6. The summed E-state index contributed by atoms with van der Waals surface area (Å²) >= 11 is 6.20. The quantitative estimate of drug-likeness (QED) is 0.185. The molecule has 0 radical (unpaired) electrons. The first-order valence-electron chi connectivity index (χ1n) is 13.7. The van der Waals surface area contributed by atoms with Crippen molar-refractivity contribution in [3.8, 4) is 11.5 Å². The van der Waals surface area contributed by atoms with Gasteiger partial charge in [-0.05, 0) is 66.6 Å². The number of sulfonamides is 1. The summed E-state index contributed by atoms with van der Waals surface area (Å²) < 4.78 is 79.0. The number of rotatable bonds is 12. The van der Waals surface area contributed by atoms with Gasteiger partial charge in [-0.1, -0.05) is 48.0 Å². The lowest BCUT2D eigenvalue weighted by molar-refractivity contribution is -0.137. The van der Waals surface area contributed by atoms with E-state index in [2.05, 4.69) is 10.6 Å². The average molecular weight is 676 g/mol. The molecule has 0 heterocycles. The Kier molecular flexibility index (Phi) is 10.8. The number of ether oxygens (including phenoxy) is 2. The second kappa shape index (κ2) is 14.6. The Bertz CT molecular complexity index is 1820. The molecule has 46 heavy (non-hydrogen) atoms. The number of nitrogens with zero attached hydrogens (tertiary/aromatic N) is 1. The molecule has 9 nitrogen and oxygen atoms in total. The molecule has 0 aromatic heterocycles. The maximum Gasteiger partial charge on any atom is 0.416 e. The van der Waals surface area contributed by atoms with E-state index < -0.39 is 45.8 Å². The lowest BCUT2D eigenvalue weighted by Gasteiger charge is -2.26. The molecule has 0 saturated heterocycles. The summed E-state index contributed by atoms with van der Waals surface area (Å²) in [4.78, 5) is 26.1. The molecule has 0 spiro atoms. The monoisotopic (exact) mass is 675 g/mol. The molecule has 0 aliphatic heterocycles. The van der Waals surface area contributed by atoms with Crippen LogP contribution in [0.5, 0.6) is 11.5 Å². The number of hydrogen-bond donors (Lipinski definition) is 2. The van der Waals surface area contributed by atoms with Gasteiger partial charge in [-0.3, -0.25) is 13.9 Å². The number of anilines is 2. The average Bonchev–Trinajstić information content (AvgIpc) is 3.04. The molecule has 0 atom stereocenters. The molecule has 0 bridgehead atoms. The minimum atomic E-state index is -4.81. The summed E-state index contributed by atoms with van der Waals surface area (Å²) in [5, 5.41) is 4.96. The van der Waals surface area contributed by atoms with Crippen LogP contribution in [0.3, 0.4) is 0 Å². The summed E-state index contributed by atoms with van der Waals surface area (Å²) in [5.74, 6) is -0.357. The largest absolute Gasteiger partial charge is 0.493 e. The second-order valence-electron chi connectivity index (χ2n) is 9.78. The molecule has 242 valence electrons. The Morgan fingerprint density at radius 2 is 1.54 bits per heavy atom. The molecule has 0 saturated carbocycles. The van der Waals surface area contributed by atoms with Crippen molar-refractivity contribution in [2.24, 2.45) is 0 Å². The zero-order chi connectivity index (χ0) is 33.5. The number of amides is 2. The van der Waals surface area contributed by atoms with Gasteiger partial charge in [-0.2, -0.15) is 13.2 Å². The molecule has 0 aliphatic rings. The zero-order valence-corrected chi connectivity index (χ0v) is 26.2. The summed E-state index contributed by atoms with van der Waals surface area (Å²) in [6, 6.07) is 20.5. The van der Waals surface area contributed by atoms with Gasteiger partial charge in [0, 0.05) is 6.54 Å². The van der Waals surface area contributed by atoms with Crippen LogP contribution < -0.4 is 24.4 Å². The number of alkyl halides is 3. The van der Waals surface area contributed by atoms with Gasteiger partial charge < -0.3 is 20.1 Å². The number of carbonyl (C=O) groups excluding carboxylic acids is 2. The highest BCUT2D eigenvalue weighted by molar-refractivity contribution is 7.92. The van der Waals surface area contributed by atoms with Gasteiger partial charge in [-0.25, -0.2) is 8.42 Å². The Hall–Kier alpha value is -4.75. The van der Waals surface area contributed by atoms with Crippen molar-refractivity contribution in [1.82, 2.24) is 5.32 Å². The third-order valence-corrected chi connectivity index (χ3v) is 8.85. The number of methoxy groups -OCH3 is 2. The first kappa shape index (κ1) is 34.1. The molecule has 2 N–H and O–H groups in total. The van der Waals surface area contributed by atoms with E-state index in [1.807, 2.05) is 6.07 Å². The molecule has 0 aliphatic carbocycles. The number of carbonyl (C=O) groups is 2. The summed E-state index contributed by atoms with van der Waals surface area (Å²) in [5.41, 5.74) is -0.694. The number of hydrogen-bond acceptors (Lipinski definition) is 6. The molecule has 4 rings (SSSR count). The fourth-order valence-electron chi connectivity index (χ4n) is 4.46. The van der Waals surface area contributed by atoms with E-state index in [4.69, 9.17) is 21.1 Å². The number of para-hydroxylation sites is 1. The fourth-order valence-corrected chi connectivity index (χ4v) is 6.18. The molecule has 14 heteroatoms. The SMILES string of the molecule is COc1ccc(CCNC(=O)c2ccccc2NC(=O)CN(c2cc(C(F)(F)F)ccc2Cl)S(=O)(=O)c2ccccc2)cc1OC. The van der Waals surface area contributed by atoms with E-state index in [-0.39, 0.29) is 27.7 Å².